The number of nitro groups is 1. The molecule has 21 heavy (non-hydrogen) atoms. The highest BCUT2D eigenvalue weighted by atomic mass is 79.9. The van der Waals surface area contributed by atoms with Gasteiger partial charge in [0, 0.05) is 12.1 Å². The van der Waals surface area contributed by atoms with Gasteiger partial charge in [-0.2, -0.15) is 0 Å². The average Bonchev–Trinajstić information content (AvgIpc) is 2.36. The second-order valence-corrected chi connectivity index (χ2v) is 5.92. The minimum absolute atomic E-state index is 0.0275. The van der Waals surface area contributed by atoms with Gasteiger partial charge in [0.25, 0.3) is 5.69 Å². The number of nitrogens with zero attached hydrogens (tertiary/aromatic N) is 1. The fourth-order valence-corrected chi connectivity index (χ4v) is 2.32. The van der Waals surface area contributed by atoms with Crippen molar-refractivity contribution in [3.63, 3.8) is 0 Å². The quantitative estimate of drug-likeness (QED) is 0.571. The lowest BCUT2D eigenvalue weighted by Crippen LogP contribution is -2.59. The predicted molar refractivity (Wildman–Crippen MR) is 82.2 cm³/mol. The number of rotatable bonds is 7. The summed E-state index contributed by atoms with van der Waals surface area (Å²) in [5.41, 5.74) is 4.22. The molecule has 1 amide bonds. The normalized spacial score (nSPS) is 13.8. The van der Waals surface area contributed by atoms with Crippen molar-refractivity contribution in [1.29, 1.82) is 0 Å². The summed E-state index contributed by atoms with van der Waals surface area (Å²) in [4.78, 5) is 21.9. The van der Waals surface area contributed by atoms with E-state index in [-0.39, 0.29) is 28.6 Å². The molecule has 116 valence electrons. The fraction of sp³-hybridized carbons (Fsp3) is 0.462. The Labute approximate surface area is 131 Å². The van der Waals surface area contributed by atoms with E-state index >= 15 is 0 Å². The topological polar surface area (TPSA) is 107 Å². The minimum atomic E-state index is -1.07. The van der Waals surface area contributed by atoms with Crippen molar-refractivity contribution in [1.82, 2.24) is 5.32 Å². The van der Waals surface area contributed by atoms with Gasteiger partial charge in [-0.1, -0.05) is 6.07 Å². The van der Waals surface area contributed by atoms with E-state index in [4.69, 9.17) is 10.5 Å². The van der Waals surface area contributed by atoms with Crippen LogP contribution in [0.4, 0.5) is 5.69 Å². The summed E-state index contributed by atoms with van der Waals surface area (Å²) in [6.45, 7) is 5.34. The maximum Gasteiger partial charge on any atom is 0.287 e. The zero-order valence-electron chi connectivity index (χ0n) is 12.1. The Morgan fingerprint density at radius 3 is 2.67 bits per heavy atom. The van der Waals surface area contributed by atoms with Crippen molar-refractivity contribution < 1.29 is 14.5 Å². The Morgan fingerprint density at radius 2 is 2.19 bits per heavy atom. The Kier molecular flexibility index (Phi) is 5.68. The number of nitrogens with one attached hydrogen (secondary N) is 1. The first-order valence-corrected chi connectivity index (χ1v) is 7.10. The zero-order chi connectivity index (χ0) is 16.2. The van der Waals surface area contributed by atoms with Gasteiger partial charge in [0.05, 0.1) is 4.92 Å². The highest BCUT2D eigenvalue weighted by Gasteiger charge is 2.33. The van der Waals surface area contributed by atoms with Crippen LogP contribution in [0.5, 0.6) is 5.75 Å². The van der Waals surface area contributed by atoms with Crippen molar-refractivity contribution in [2.24, 2.45) is 5.73 Å². The lowest BCUT2D eigenvalue weighted by molar-refractivity contribution is -0.385. The van der Waals surface area contributed by atoms with Crippen LogP contribution in [0.2, 0.25) is 0 Å². The monoisotopic (exact) mass is 359 g/mol. The third kappa shape index (κ3) is 4.40. The van der Waals surface area contributed by atoms with Crippen molar-refractivity contribution in [3.05, 3.63) is 32.8 Å². The Bertz CT molecular complexity index is 550. The van der Waals surface area contributed by atoms with Crippen LogP contribution < -0.4 is 15.8 Å². The molecule has 1 aromatic carbocycles. The van der Waals surface area contributed by atoms with E-state index in [0.717, 1.165) is 0 Å². The van der Waals surface area contributed by atoms with E-state index in [0.29, 0.717) is 0 Å². The summed E-state index contributed by atoms with van der Waals surface area (Å²) in [6, 6.07) is 4.47. The second kappa shape index (κ2) is 6.86. The smallest absolute Gasteiger partial charge is 0.287 e. The third-order valence-electron chi connectivity index (χ3n) is 2.81. The van der Waals surface area contributed by atoms with Gasteiger partial charge in [0.2, 0.25) is 5.91 Å². The number of hydrogen-bond donors (Lipinski definition) is 2. The molecule has 7 nitrogen and oxygen atoms in total. The van der Waals surface area contributed by atoms with Crippen molar-refractivity contribution in [2.45, 2.75) is 32.4 Å². The molecule has 0 saturated carbocycles. The van der Waals surface area contributed by atoms with E-state index in [1.165, 1.54) is 12.1 Å². The maximum absolute atomic E-state index is 11.6. The van der Waals surface area contributed by atoms with Gasteiger partial charge >= 0.3 is 0 Å². The number of carbonyl (C=O) groups is 1. The summed E-state index contributed by atoms with van der Waals surface area (Å²) in [6.07, 6.45) is 0. The first-order valence-electron chi connectivity index (χ1n) is 6.30. The minimum Gasteiger partial charge on any atom is -0.490 e. The van der Waals surface area contributed by atoms with E-state index < -0.39 is 16.4 Å². The Balaban J connectivity index is 2.94. The molecule has 0 heterocycles. The summed E-state index contributed by atoms with van der Waals surface area (Å²) >= 11 is 3.13. The molecule has 0 spiro atoms. The number of nitrogens with two attached hydrogens (primary N) is 1. The molecule has 0 aliphatic heterocycles. The van der Waals surface area contributed by atoms with Gasteiger partial charge in [-0.15, -0.1) is 0 Å². The number of ether oxygens (including phenoxy) is 1. The lowest BCUT2D eigenvalue weighted by Gasteiger charge is -2.29. The van der Waals surface area contributed by atoms with Gasteiger partial charge in [0.1, 0.15) is 22.4 Å². The molecule has 0 radical (unpaired) electrons. The number of halogens is 1. The van der Waals surface area contributed by atoms with Crippen LogP contribution in [0.3, 0.4) is 0 Å². The average molecular weight is 360 g/mol. The van der Waals surface area contributed by atoms with Crippen LogP contribution in [0.1, 0.15) is 20.8 Å². The summed E-state index contributed by atoms with van der Waals surface area (Å²) in [5.74, 6) is -0.278. The van der Waals surface area contributed by atoms with E-state index in [2.05, 4.69) is 21.2 Å². The molecule has 1 aromatic rings. The van der Waals surface area contributed by atoms with Gasteiger partial charge < -0.3 is 10.5 Å². The van der Waals surface area contributed by atoms with Crippen molar-refractivity contribution >= 4 is 27.5 Å². The first-order chi connectivity index (χ1) is 9.67. The van der Waals surface area contributed by atoms with E-state index in [1.807, 2.05) is 13.8 Å². The van der Waals surface area contributed by atoms with Gasteiger partial charge in [-0.05, 0) is 42.8 Å². The Hall–Kier alpha value is -1.67. The van der Waals surface area contributed by atoms with Crippen LogP contribution in [-0.2, 0) is 4.79 Å². The van der Waals surface area contributed by atoms with E-state index in [9.17, 15) is 14.9 Å². The number of nitro benzene ring substituents is 1. The highest BCUT2D eigenvalue weighted by molar-refractivity contribution is 9.10. The molecule has 0 saturated heterocycles. The predicted octanol–water partition coefficient (Wildman–Crippen LogP) is 1.98. The molecular weight excluding hydrogens is 342 g/mol. The van der Waals surface area contributed by atoms with Gasteiger partial charge in [0.15, 0.2) is 0 Å². The second-order valence-electron chi connectivity index (χ2n) is 5.13. The largest absolute Gasteiger partial charge is 0.490 e. The van der Waals surface area contributed by atoms with Crippen molar-refractivity contribution in [2.75, 3.05) is 6.61 Å². The molecule has 0 aliphatic carbocycles. The maximum atomic E-state index is 11.6. The molecule has 0 bridgehead atoms. The molecule has 0 aliphatic rings. The molecule has 1 unspecified atom stereocenters. The number of carbonyl (C=O) groups excluding carboxylic acids is 1. The van der Waals surface area contributed by atoms with E-state index in [1.54, 1.807) is 13.0 Å². The highest BCUT2D eigenvalue weighted by Crippen LogP contribution is 2.34. The third-order valence-corrected chi connectivity index (χ3v) is 3.60. The summed E-state index contributed by atoms with van der Waals surface area (Å²) in [7, 11) is 0. The SMILES string of the molecule is CC(C)NC(C)(COc1cccc([N+](=O)[O-])c1Br)C(N)=O. The Morgan fingerprint density at radius 1 is 1.57 bits per heavy atom. The van der Waals surface area contributed by atoms with Gasteiger partial charge in [-0.25, -0.2) is 0 Å². The number of hydrogen-bond acceptors (Lipinski definition) is 5. The standard InChI is InChI=1S/C13H18BrN3O4/c1-8(2)16-13(3,12(15)18)7-21-10-6-4-5-9(11(10)14)17(19)20/h4-6,8,16H,7H2,1-3H3,(H2,15,18). The molecule has 1 rings (SSSR count). The zero-order valence-corrected chi connectivity index (χ0v) is 13.6. The van der Waals surface area contributed by atoms with Gasteiger partial charge in [-0.3, -0.25) is 20.2 Å². The molecular formula is C13H18BrN3O4. The number of benzene rings is 1. The molecule has 0 fully saturated rings. The molecule has 8 heteroatoms. The number of primary amides is 1. The molecule has 0 aromatic heterocycles. The van der Waals surface area contributed by atoms with Crippen LogP contribution >= 0.6 is 15.9 Å². The fourth-order valence-electron chi connectivity index (χ4n) is 1.79. The van der Waals surface area contributed by atoms with Crippen molar-refractivity contribution in [3.8, 4) is 5.75 Å². The number of amides is 1. The van der Waals surface area contributed by atoms with Crippen LogP contribution in [-0.4, -0.2) is 29.0 Å². The van der Waals surface area contributed by atoms with Crippen LogP contribution in [0.15, 0.2) is 22.7 Å². The lowest BCUT2D eigenvalue weighted by atomic mass is 10.0. The molecule has 1 atom stereocenters. The molecule has 3 N–H and O–H groups in total. The van der Waals surface area contributed by atoms with Crippen LogP contribution in [0.25, 0.3) is 0 Å². The summed E-state index contributed by atoms with van der Waals surface area (Å²) in [5, 5.41) is 13.9. The first kappa shape index (κ1) is 17.4. The van der Waals surface area contributed by atoms with Crippen LogP contribution in [0, 0.1) is 10.1 Å². The summed E-state index contributed by atoms with van der Waals surface area (Å²) < 4.78 is 5.77.